The number of rotatable bonds is 10. The Bertz CT molecular complexity index is 1050. The molecule has 2 heterocycles. The van der Waals surface area contributed by atoms with Gasteiger partial charge in [-0.3, -0.25) is 10.1 Å². The van der Waals surface area contributed by atoms with E-state index in [1.807, 2.05) is 6.92 Å². The Morgan fingerprint density at radius 1 is 1.22 bits per heavy atom. The second-order valence-electron chi connectivity index (χ2n) is 6.94. The van der Waals surface area contributed by atoms with Gasteiger partial charge >= 0.3 is 6.03 Å². The van der Waals surface area contributed by atoms with E-state index in [0.717, 1.165) is 0 Å². The van der Waals surface area contributed by atoms with Crippen LogP contribution in [-0.2, 0) is 29.2 Å². The summed E-state index contributed by atoms with van der Waals surface area (Å²) in [4.78, 5) is 28.7. The molecular formula is C21H24FN5O4S. The number of nitrogens with zero attached hydrogens (tertiary/aromatic N) is 2. The van der Waals surface area contributed by atoms with Crippen LogP contribution in [0.2, 0.25) is 0 Å². The van der Waals surface area contributed by atoms with Crippen LogP contribution in [0.1, 0.15) is 36.1 Å². The van der Waals surface area contributed by atoms with Crippen molar-refractivity contribution in [1.82, 2.24) is 20.8 Å². The fourth-order valence-electron chi connectivity index (χ4n) is 2.76. The standard InChI is InChI=1S/C21H24FN5O4S/c1-3-18(30-11-16-7-13(2)31-27-16)19(28)23-10-17-12-32-21(25-17)26-20(29)24-9-14-5-4-6-15(22)8-14/h4-8,12,18H,3,9-11H2,1-2H3,(H,23,28)(H2,24,25,26,29). The third-order valence-corrected chi connectivity index (χ3v) is 5.14. The predicted molar refractivity (Wildman–Crippen MR) is 116 cm³/mol. The highest BCUT2D eigenvalue weighted by Crippen LogP contribution is 2.15. The molecule has 0 fully saturated rings. The lowest BCUT2D eigenvalue weighted by atomic mass is 10.2. The molecular weight excluding hydrogens is 437 g/mol. The Morgan fingerprint density at radius 3 is 2.78 bits per heavy atom. The van der Waals surface area contributed by atoms with Crippen molar-refractivity contribution in [3.63, 3.8) is 0 Å². The molecule has 11 heteroatoms. The summed E-state index contributed by atoms with van der Waals surface area (Å²) in [7, 11) is 0. The monoisotopic (exact) mass is 461 g/mol. The minimum absolute atomic E-state index is 0.179. The van der Waals surface area contributed by atoms with Gasteiger partial charge in [0.2, 0.25) is 5.91 Å². The van der Waals surface area contributed by atoms with Crippen LogP contribution in [-0.4, -0.2) is 28.2 Å². The number of ether oxygens (including phenoxy) is 1. The zero-order valence-electron chi connectivity index (χ0n) is 17.7. The Kier molecular flexibility index (Phi) is 8.28. The maximum Gasteiger partial charge on any atom is 0.321 e. The first-order valence-corrected chi connectivity index (χ1v) is 10.9. The van der Waals surface area contributed by atoms with E-state index in [2.05, 4.69) is 26.1 Å². The lowest BCUT2D eigenvalue weighted by Crippen LogP contribution is -2.35. The van der Waals surface area contributed by atoms with E-state index in [9.17, 15) is 14.0 Å². The Morgan fingerprint density at radius 2 is 2.06 bits per heavy atom. The Labute approximate surface area is 188 Å². The van der Waals surface area contributed by atoms with Gasteiger partial charge in [-0.15, -0.1) is 11.3 Å². The van der Waals surface area contributed by atoms with Crippen molar-refractivity contribution in [3.05, 3.63) is 64.2 Å². The van der Waals surface area contributed by atoms with Gasteiger partial charge in [0.1, 0.15) is 23.4 Å². The summed E-state index contributed by atoms with van der Waals surface area (Å²) in [6, 6.07) is 7.28. The molecule has 0 aliphatic heterocycles. The maximum atomic E-state index is 13.2. The number of halogens is 1. The molecule has 9 nitrogen and oxygen atoms in total. The topological polar surface area (TPSA) is 118 Å². The number of hydrogen-bond donors (Lipinski definition) is 3. The van der Waals surface area contributed by atoms with Crippen molar-refractivity contribution in [1.29, 1.82) is 0 Å². The molecule has 0 spiro atoms. The molecule has 0 aliphatic rings. The zero-order valence-corrected chi connectivity index (χ0v) is 18.5. The van der Waals surface area contributed by atoms with Crippen LogP contribution in [0.15, 0.2) is 40.2 Å². The van der Waals surface area contributed by atoms with Crippen LogP contribution in [0.3, 0.4) is 0 Å². The highest BCUT2D eigenvalue weighted by atomic mass is 32.1. The molecule has 3 amide bonds. The lowest BCUT2D eigenvalue weighted by Gasteiger charge is -2.14. The predicted octanol–water partition coefficient (Wildman–Crippen LogP) is 3.51. The van der Waals surface area contributed by atoms with Crippen molar-refractivity contribution in [2.45, 2.75) is 46.1 Å². The van der Waals surface area contributed by atoms with Gasteiger partial charge < -0.3 is 19.9 Å². The van der Waals surface area contributed by atoms with Crippen LogP contribution in [0, 0.1) is 12.7 Å². The minimum Gasteiger partial charge on any atom is -0.362 e. The van der Waals surface area contributed by atoms with Gasteiger partial charge in [0.05, 0.1) is 18.8 Å². The number of benzene rings is 1. The number of nitrogens with one attached hydrogen (secondary N) is 3. The van der Waals surface area contributed by atoms with Crippen LogP contribution in [0.4, 0.5) is 14.3 Å². The molecule has 0 bridgehead atoms. The van der Waals surface area contributed by atoms with E-state index in [1.54, 1.807) is 30.5 Å². The van der Waals surface area contributed by atoms with Crippen molar-refractivity contribution in [3.8, 4) is 0 Å². The zero-order chi connectivity index (χ0) is 22.9. The van der Waals surface area contributed by atoms with Gasteiger partial charge in [-0.05, 0) is 31.0 Å². The van der Waals surface area contributed by atoms with Crippen molar-refractivity contribution >= 4 is 28.4 Å². The van der Waals surface area contributed by atoms with E-state index < -0.39 is 12.1 Å². The summed E-state index contributed by atoms with van der Waals surface area (Å²) in [5.41, 5.74) is 1.87. The lowest BCUT2D eigenvalue weighted by molar-refractivity contribution is -0.134. The van der Waals surface area contributed by atoms with Crippen molar-refractivity contribution in [2.75, 3.05) is 5.32 Å². The van der Waals surface area contributed by atoms with Crippen LogP contribution in [0.5, 0.6) is 0 Å². The molecule has 3 N–H and O–H groups in total. The van der Waals surface area contributed by atoms with Crippen LogP contribution >= 0.6 is 11.3 Å². The number of anilines is 1. The average Bonchev–Trinajstić information content (AvgIpc) is 3.39. The summed E-state index contributed by atoms with van der Waals surface area (Å²) in [5.74, 6) is 0.0556. The van der Waals surface area contributed by atoms with E-state index in [4.69, 9.17) is 9.26 Å². The van der Waals surface area contributed by atoms with Gasteiger partial charge in [-0.2, -0.15) is 0 Å². The number of urea groups is 1. The summed E-state index contributed by atoms with van der Waals surface area (Å²) in [6.45, 7) is 4.20. The van der Waals surface area contributed by atoms with Crippen molar-refractivity contribution in [2.24, 2.45) is 0 Å². The van der Waals surface area contributed by atoms with Crippen molar-refractivity contribution < 1.29 is 23.2 Å². The number of amides is 3. The summed E-state index contributed by atoms with van der Waals surface area (Å²) < 4.78 is 23.8. The molecule has 170 valence electrons. The number of carbonyl (C=O) groups is 2. The third kappa shape index (κ3) is 7.13. The quantitative estimate of drug-likeness (QED) is 0.425. The number of aromatic nitrogens is 2. The minimum atomic E-state index is -0.628. The van der Waals surface area contributed by atoms with Gasteiger partial charge in [-0.25, -0.2) is 14.2 Å². The molecule has 0 saturated carbocycles. The molecule has 1 atom stereocenters. The average molecular weight is 462 g/mol. The number of aryl methyl sites for hydroxylation is 1. The molecule has 0 aliphatic carbocycles. The van der Waals surface area contributed by atoms with E-state index in [-0.39, 0.29) is 31.4 Å². The fourth-order valence-corrected chi connectivity index (χ4v) is 3.46. The summed E-state index contributed by atoms with van der Waals surface area (Å²) in [6.07, 6.45) is -0.130. The van der Waals surface area contributed by atoms with E-state index >= 15 is 0 Å². The Balaban J connectivity index is 1.41. The van der Waals surface area contributed by atoms with Gasteiger partial charge in [0.15, 0.2) is 5.13 Å². The van der Waals surface area contributed by atoms with Crippen LogP contribution < -0.4 is 16.0 Å². The molecule has 2 aromatic heterocycles. The highest BCUT2D eigenvalue weighted by Gasteiger charge is 2.18. The maximum absolute atomic E-state index is 13.2. The molecule has 0 radical (unpaired) electrons. The summed E-state index contributed by atoms with van der Waals surface area (Å²) >= 11 is 1.23. The molecule has 1 aromatic carbocycles. The normalized spacial score (nSPS) is 11.7. The first-order valence-electron chi connectivity index (χ1n) is 9.98. The number of hydrogen-bond acceptors (Lipinski definition) is 7. The SMILES string of the molecule is CCC(OCc1cc(C)on1)C(=O)NCc1csc(NC(=O)NCc2cccc(F)c2)n1. The molecule has 3 rings (SSSR count). The van der Waals surface area contributed by atoms with E-state index in [1.165, 1.54) is 23.5 Å². The van der Waals surface area contributed by atoms with Gasteiger partial charge in [0, 0.05) is 18.0 Å². The first kappa shape index (κ1) is 23.4. The fraction of sp³-hybridized carbons (Fsp3) is 0.333. The first-order chi connectivity index (χ1) is 15.4. The molecule has 0 saturated heterocycles. The third-order valence-electron chi connectivity index (χ3n) is 4.33. The largest absolute Gasteiger partial charge is 0.362 e. The van der Waals surface area contributed by atoms with Gasteiger partial charge in [0.25, 0.3) is 0 Å². The second kappa shape index (κ2) is 11.3. The second-order valence-corrected chi connectivity index (χ2v) is 7.79. The van der Waals surface area contributed by atoms with Crippen LogP contribution in [0.25, 0.3) is 0 Å². The highest BCUT2D eigenvalue weighted by molar-refractivity contribution is 7.13. The number of carbonyl (C=O) groups excluding carboxylic acids is 2. The molecule has 3 aromatic rings. The van der Waals surface area contributed by atoms with Gasteiger partial charge in [-0.1, -0.05) is 24.2 Å². The molecule has 32 heavy (non-hydrogen) atoms. The molecule has 1 unspecified atom stereocenters. The Hall–Kier alpha value is -3.31. The number of thiazole rings is 1. The van der Waals surface area contributed by atoms with E-state index in [0.29, 0.717) is 34.3 Å². The summed E-state index contributed by atoms with van der Waals surface area (Å²) in [5, 5.41) is 14.0. The smallest absolute Gasteiger partial charge is 0.321 e.